The molecule has 4 aromatic rings. The molecule has 7 heteroatoms. The van der Waals surface area contributed by atoms with Crippen LogP contribution in [0.3, 0.4) is 0 Å². The standard InChI is InChI=1S/C24H23N5O2/c1-28-23(8-9-26-28)24(30)27-19-7-6-17-14-18(16-25-21(17)15-19)20-4-2-3-5-22(20)29-10-12-31-13-11-29/h2-9,14-16H,10-13H2,1H3,(H,27,30). The van der Waals surface area contributed by atoms with Crippen molar-refractivity contribution in [1.82, 2.24) is 14.8 Å². The summed E-state index contributed by atoms with van der Waals surface area (Å²) in [7, 11) is 1.74. The Kier molecular flexibility index (Phi) is 5.09. The molecule has 31 heavy (non-hydrogen) atoms. The van der Waals surface area contributed by atoms with E-state index in [1.54, 1.807) is 24.0 Å². The first-order valence-electron chi connectivity index (χ1n) is 10.3. The van der Waals surface area contributed by atoms with E-state index in [-0.39, 0.29) is 5.91 Å². The van der Waals surface area contributed by atoms with Crippen LogP contribution in [-0.2, 0) is 11.8 Å². The fourth-order valence-corrected chi connectivity index (χ4v) is 3.94. The summed E-state index contributed by atoms with van der Waals surface area (Å²) < 4.78 is 7.05. The molecule has 1 saturated heterocycles. The quantitative estimate of drug-likeness (QED) is 0.552. The summed E-state index contributed by atoms with van der Waals surface area (Å²) in [6, 6.07) is 18.0. The monoisotopic (exact) mass is 413 g/mol. The third-order valence-corrected chi connectivity index (χ3v) is 5.56. The molecular weight excluding hydrogens is 390 g/mol. The lowest BCUT2D eigenvalue weighted by molar-refractivity contribution is 0.101. The topological polar surface area (TPSA) is 72.3 Å². The molecule has 0 radical (unpaired) electrons. The third-order valence-electron chi connectivity index (χ3n) is 5.56. The van der Waals surface area contributed by atoms with Gasteiger partial charge in [0.05, 0.1) is 18.7 Å². The number of pyridine rings is 1. The fraction of sp³-hybridized carbons (Fsp3) is 0.208. The molecule has 0 bridgehead atoms. The Morgan fingerprint density at radius 1 is 1.06 bits per heavy atom. The van der Waals surface area contributed by atoms with E-state index in [0.29, 0.717) is 11.4 Å². The van der Waals surface area contributed by atoms with Crippen molar-refractivity contribution in [3.63, 3.8) is 0 Å². The Morgan fingerprint density at radius 3 is 2.71 bits per heavy atom. The van der Waals surface area contributed by atoms with Crippen molar-refractivity contribution >= 4 is 28.2 Å². The Hall–Kier alpha value is -3.71. The van der Waals surface area contributed by atoms with Gasteiger partial charge in [-0.1, -0.05) is 24.3 Å². The number of para-hydroxylation sites is 1. The van der Waals surface area contributed by atoms with Crippen LogP contribution in [0, 0.1) is 0 Å². The number of hydrogen-bond donors (Lipinski definition) is 1. The number of amides is 1. The van der Waals surface area contributed by atoms with Crippen LogP contribution < -0.4 is 10.2 Å². The van der Waals surface area contributed by atoms with Crippen LogP contribution in [-0.4, -0.2) is 47.0 Å². The van der Waals surface area contributed by atoms with E-state index in [4.69, 9.17) is 4.74 Å². The summed E-state index contributed by atoms with van der Waals surface area (Å²) in [5.41, 5.74) is 5.46. The minimum atomic E-state index is -0.199. The van der Waals surface area contributed by atoms with Crippen molar-refractivity contribution in [2.75, 3.05) is 36.5 Å². The molecule has 1 N–H and O–H groups in total. The fourth-order valence-electron chi connectivity index (χ4n) is 3.94. The van der Waals surface area contributed by atoms with Gasteiger partial charge in [0.25, 0.3) is 5.91 Å². The summed E-state index contributed by atoms with van der Waals surface area (Å²) in [5.74, 6) is -0.199. The maximum absolute atomic E-state index is 12.5. The summed E-state index contributed by atoms with van der Waals surface area (Å²) in [6.07, 6.45) is 3.50. The summed E-state index contributed by atoms with van der Waals surface area (Å²) >= 11 is 0. The zero-order valence-electron chi connectivity index (χ0n) is 17.3. The van der Waals surface area contributed by atoms with E-state index < -0.39 is 0 Å². The van der Waals surface area contributed by atoms with Gasteiger partial charge in [0.15, 0.2) is 0 Å². The number of hydrogen-bond acceptors (Lipinski definition) is 5. The lowest BCUT2D eigenvalue weighted by Crippen LogP contribution is -2.36. The molecule has 2 aromatic heterocycles. The minimum absolute atomic E-state index is 0.199. The molecule has 5 rings (SSSR count). The smallest absolute Gasteiger partial charge is 0.273 e. The van der Waals surface area contributed by atoms with Gasteiger partial charge < -0.3 is 15.0 Å². The van der Waals surface area contributed by atoms with Crippen LogP contribution in [0.1, 0.15) is 10.5 Å². The van der Waals surface area contributed by atoms with Crippen LogP contribution in [0.25, 0.3) is 22.0 Å². The van der Waals surface area contributed by atoms with Gasteiger partial charge in [-0.25, -0.2) is 0 Å². The largest absolute Gasteiger partial charge is 0.378 e. The van der Waals surface area contributed by atoms with Gasteiger partial charge in [0.1, 0.15) is 5.69 Å². The summed E-state index contributed by atoms with van der Waals surface area (Å²) in [6.45, 7) is 3.27. The molecule has 1 aliphatic heterocycles. The average molecular weight is 413 g/mol. The van der Waals surface area contributed by atoms with Crippen LogP contribution in [0.4, 0.5) is 11.4 Å². The average Bonchev–Trinajstić information content (AvgIpc) is 3.25. The number of morpholine rings is 1. The van der Waals surface area contributed by atoms with Crippen LogP contribution in [0.2, 0.25) is 0 Å². The highest BCUT2D eigenvalue weighted by molar-refractivity contribution is 6.04. The first-order valence-corrected chi connectivity index (χ1v) is 10.3. The van der Waals surface area contributed by atoms with Gasteiger partial charge in [-0.15, -0.1) is 0 Å². The Labute approximate surface area is 180 Å². The van der Waals surface area contributed by atoms with Crippen molar-refractivity contribution in [3.05, 3.63) is 72.7 Å². The molecule has 1 amide bonds. The van der Waals surface area contributed by atoms with E-state index in [1.165, 1.54) is 5.69 Å². The van der Waals surface area contributed by atoms with Crippen LogP contribution in [0.5, 0.6) is 0 Å². The Bertz CT molecular complexity index is 1240. The second kappa shape index (κ2) is 8.20. The second-order valence-corrected chi connectivity index (χ2v) is 7.54. The van der Waals surface area contributed by atoms with Crippen molar-refractivity contribution in [2.24, 2.45) is 7.05 Å². The van der Waals surface area contributed by atoms with Crippen LogP contribution >= 0.6 is 0 Å². The molecule has 0 saturated carbocycles. The number of fused-ring (bicyclic) bond motifs is 1. The molecule has 3 heterocycles. The molecule has 1 fully saturated rings. The highest BCUT2D eigenvalue weighted by atomic mass is 16.5. The third kappa shape index (κ3) is 3.87. The number of nitrogens with zero attached hydrogens (tertiary/aromatic N) is 4. The van der Waals surface area contributed by atoms with Gasteiger partial charge in [-0.3, -0.25) is 14.5 Å². The van der Waals surface area contributed by atoms with Crippen molar-refractivity contribution in [3.8, 4) is 11.1 Å². The molecule has 1 aliphatic rings. The van der Waals surface area contributed by atoms with Gasteiger partial charge in [0.2, 0.25) is 0 Å². The first kappa shape index (κ1) is 19.3. The maximum Gasteiger partial charge on any atom is 0.273 e. The highest BCUT2D eigenvalue weighted by Gasteiger charge is 2.16. The number of anilines is 2. The number of aryl methyl sites for hydroxylation is 1. The molecular formula is C24H23N5O2. The summed E-state index contributed by atoms with van der Waals surface area (Å²) in [4.78, 5) is 19.5. The Balaban J connectivity index is 1.43. The van der Waals surface area contributed by atoms with E-state index in [1.807, 2.05) is 24.4 Å². The van der Waals surface area contributed by atoms with Gasteiger partial charge >= 0.3 is 0 Å². The van der Waals surface area contributed by atoms with Crippen molar-refractivity contribution < 1.29 is 9.53 Å². The number of benzene rings is 2. The number of aromatic nitrogens is 3. The number of nitrogens with one attached hydrogen (secondary N) is 1. The molecule has 0 unspecified atom stereocenters. The zero-order chi connectivity index (χ0) is 21.2. The molecule has 7 nitrogen and oxygen atoms in total. The highest BCUT2D eigenvalue weighted by Crippen LogP contribution is 2.32. The van der Waals surface area contributed by atoms with Crippen molar-refractivity contribution in [1.29, 1.82) is 0 Å². The minimum Gasteiger partial charge on any atom is -0.378 e. The lowest BCUT2D eigenvalue weighted by atomic mass is 10.0. The van der Waals surface area contributed by atoms with Gasteiger partial charge in [0, 0.05) is 60.4 Å². The van der Waals surface area contributed by atoms with E-state index in [2.05, 4.69) is 50.6 Å². The lowest BCUT2D eigenvalue weighted by Gasteiger charge is -2.30. The van der Waals surface area contributed by atoms with E-state index in [0.717, 1.165) is 48.3 Å². The summed E-state index contributed by atoms with van der Waals surface area (Å²) in [5, 5.41) is 7.98. The molecule has 0 spiro atoms. The van der Waals surface area contributed by atoms with Gasteiger partial charge in [-0.2, -0.15) is 5.10 Å². The molecule has 156 valence electrons. The maximum atomic E-state index is 12.5. The van der Waals surface area contributed by atoms with Crippen molar-refractivity contribution in [2.45, 2.75) is 0 Å². The number of ether oxygens (including phenoxy) is 1. The zero-order valence-corrected chi connectivity index (χ0v) is 17.3. The first-order chi connectivity index (χ1) is 15.2. The predicted octanol–water partition coefficient (Wildman–Crippen LogP) is 3.72. The number of carbonyl (C=O) groups is 1. The van der Waals surface area contributed by atoms with Gasteiger partial charge in [-0.05, 0) is 30.3 Å². The van der Waals surface area contributed by atoms with E-state index >= 15 is 0 Å². The second-order valence-electron chi connectivity index (χ2n) is 7.54. The molecule has 2 aromatic carbocycles. The Morgan fingerprint density at radius 2 is 1.90 bits per heavy atom. The molecule has 0 atom stereocenters. The van der Waals surface area contributed by atoms with Crippen LogP contribution in [0.15, 0.2) is 67.0 Å². The SMILES string of the molecule is Cn1nccc1C(=O)Nc1ccc2cc(-c3ccccc3N3CCOCC3)cnc2c1. The normalized spacial score (nSPS) is 14.0. The van der Waals surface area contributed by atoms with E-state index in [9.17, 15) is 4.79 Å². The number of rotatable bonds is 4. The predicted molar refractivity (Wildman–Crippen MR) is 121 cm³/mol. The number of carbonyl (C=O) groups excluding carboxylic acids is 1. The molecule has 0 aliphatic carbocycles.